The Kier molecular flexibility index (Phi) is 4.95. The zero-order chi connectivity index (χ0) is 12.0. The number of hydrogen-bond acceptors (Lipinski definition) is 3. The minimum absolute atomic E-state index is 0.0306. The number of nitrogens with one attached hydrogen (secondary N) is 1. The molecule has 2 N–H and O–H groups in total. The molecular weight excluding hydrogens is 210 g/mol. The molecule has 1 atom stereocenters. The van der Waals surface area contributed by atoms with Crippen LogP contribution >= 0.6 is 0 Å². The Labute approximate surface area is 94.2 Å². The van der Waals surface area contributed by atoms with Gasteiger partial charge in [0.2, 0.25) is 5.91 Å². The van der Waals surface area contributed by atoms with Gasteiger partial charge in [-0.3, -0.25) is 14.4 Å². The van der Waals surface area contributed by atoms with Gasteiger partial charge in [0.1, 0.15) is 5.78 Å². The summed E-state index contributed by atoms with van der Waals surface area (Å²) in [5.74, 6) is -1.45. The molecule has 1 amide bonds. The molecule has 0 unspecified atom stereocenters. The minimum Gasteiger partial charge on any atom is -0.481 e. The van der Waals surface area contributed by atoms with Gasteiger partial charge in [-0.15, -0.1) is 0 Å². The quantitative estimate of drug-likeness (QED) is 0.517. The van der Waals surface area contributed by atoms with Gasteiger partial charge < -0.3 is 10.4 Å². The molecule has 1 fully saturated rings. The Balaban J connectivity index is 2.11. The fourth-order valence-electron chi connectivity index (χ4n) is 1.83. The van der Waals surface area contributed by atoms with E-state index in [1.165, 1.54) is 0 Å². The highest BCUT2D eigenvalue weighted by Crippen LogP contribution is 2.21. The van der Waals surface area contributed by atoms with Crippen LogP contribution in [-0.2, 0) is 14.4 Å². The van der Waals surface area contributed by atoms with Gasteiger partial charge in [0.05, 0.1) is 5.92 Å². The molecule has 1 rings (SSSR count). The van der Waals surface area contributed by atoms with Crippen LogP contribution in [0.5, 0.6) is 0 Å². The number of Topliss-reactive ketones (excluding diaryl/α,β-unsaturated/α-hetero) is 1. The number of carbonyl (C=O) groups excluding carboxylic acids is 2. The van der Waals surface area contributed by atoms with Gasteiger partial charge in [-0.1, -0.05) is 0 Å². The third kappa shape index (κ3) is 4.00. The SMILES string of the molecule is O=C(O)CCCCNC(=O)[C@@H]1CCCC1=O. The molecule has 0 heterocycles. The number of unbranched alkanes of at least 4 members (excludes halogenated alkanes) is 1. The molecule has 90 valence electrons. The van der Waals surface area contributed by atoms with Crippen LogP contribution in [0.4, 0.5) is 0 Å². The van der Waals surface area contributed by atoms with Gasteiger partial charge in [0.25, 0.3) is 0 Å². The van der Waals surface area contributed by atoms with Crippen LogP contribution in [0.15, 0.2) is 0 Å². The summed E-state index contributed by atoms with van der Waals surface area (Å²) in [6.07, 6.45) is 3.28. The van der Waals surface area contributed by atoms with Gasteiger partial charge in [0, 0.05) is 19.4 Å². The van der Waals surface area contributed by atoms with Crippen molar-refractivity contribution in [2.24, 2.45) is 5.92 Å². The first-order chi connectivity index (χ1) is 7.61. The summed E-state index contributed by atoms with van der Waals surface area (Å²) in [5, 5.41) is 11.1. The molecule has 1 aliphatic rings. The van der Waals surface area contributed by atoms with Gasteiger partial charge in [-0.05, 0) is 25.7 Å². The van der Waals surface area contributed by atoms with Crippen LogP contribution in [0, 0.1) is 5.92 Å². The predicted octanol–water partition coefficient (Wildman–Crippen LogP) is 0.727. The number of rotatable bonds is 6. The second kappa shape index (κ2) is 6.25. The monoisotopic (exact) mass is 227 g/mol. The lowest BCUT2D eigenvalue weighted by Gasteiger charge is -2.08. The van der Waals surface area contributed by atoms with Crippen LogP contribution in [0.25, 0.3) is 0 Å². The third-order valence-corrected chi connectivity index (χ3v) is 2.74. The molecule has 0 saturated heterocycles. The van der Waals surface area contributed by atoms with E-state index in [0.29, 0.717) is 32.2 Å². The Morgan fingerprint density at radius 1 is 1.38 bits per heavy atom. The van der Waals surface area contributed by atoms with Crippen molar-refractivity contribution in [3.63, 3.8) is 0 Å². The summed E-state index contributed by atoms with van der Waals surface area (Å²) < 4.78 is 0. The molecule has 1 aliphatic carbocycles. The third-order valence-electron chi connectivity index (χ3n) is 2.74. The van der Waals surface area contributed by atoms with E-state index < -0.39 is 11.9 Å². The van der Waals surface area contributed by atoms with Gasteiger partial charge in [-0.2, -0.15) is 0 Å². The average molecular weight is 227 g/mol. The number of hydrogen-bond donors (Lipinski definition) is 2. The summed E-state index contributed by atoms with van der Waals surface area (Å²) in [7, 11) is 0. The van der Waals surface area contributed by atoms with Gasteiger partial charge >= 0.3 is 5.97 Å². The maximum absolute atomic E-state index is 11.5. The first kappa shape index (κ1) is 12.7. The molecule has 5 heteroatoms. The van der Waals surface area contributed by atoms with Crippen LogP contribution < -0.4 is 5.32 Å². The second-order valence-electron chi connectivity index (χ2n) is 4.05. The number of carbonyl (C=O) groups is 3. The average Bonchev–Trinajstić information content (AvgIpc) is 2.63. The number of aliphatic carboxylic acids is 1. The smallest absolute Gasteiger partial charge is 0.303 e. The van der Waals surface area contributed by atoms with Crippen molar-refractivity contribution in [1.82, 2.24) is 5.32 Å². The minimum atomic E-state index is -0.822. The standard InChI is InChI=1S/C11H17NO4/c13-9-5-3-4-8(9)11(16)12-7-2-1-6-10(14)15/h8H,1-7H2,(H,12,16)(H,14,15)/t8-/m1/s1. The highest BCUT2D eigenvalue weighted by atomic mass is 16.4. The van der Waals surface area contributed by atoms with Crippen molar-refractivity contribution in [3.05, 3.63) is 0 Å². The van der Waals surface area contributed by atoms with E-state index in [9.17, 15) is 14.4 Å². The molecule has 0 aromatic heterocycles. The molecule has 1 saturated carbocycles. The predicted molar refractivity (Wildman–Crippen MR) is 56.8 cm³/mol. The normalized spacial score (nSPS) is 19.8. The van der Waals surface area contributed by atoms with E-state index in [0.717, 1.165) is 6.42 Å². The van der Waals surface area contributed by atoms with Crippen molar-refractivity contribution in [2.45, 2.75) is 38.5 Å². The molecule has 5 nitrogen and oxygen atoms in total. The van der Waals surface area contributed by atoms with Crippen molar-refractivity contribution < 1.29 is 19.5 Å². The molecule has 0 bridgehead atoms. The summed E-state index contributed by atoms with van der Waals surface area (Å²) in [5.41, 5.74) is 0. The Morgan fingerprint density at radius 3 is 2.69 bits per heavy atom. The highest BCUT2D eigenvalue weighted by molar-refractivity contribution is 6.02. The number of ketones is 1. The number of carboxylic acid groups (broad SMARTS) is 1. The van der Waals surface area contributed by atoms with Crippen molar-refractivity contribution >= 4 is 17.7 Å². The Hall–Kier alpha value is -1.39. The molecule has 0 aromatic carbocycles. The summed E-state index contributed by atoms with van der Waals surface area (Å²) in [6.45, 7) is 0.454. The van der Waals surface area contributed by atoms with Gasteiger partial charge in [-0.25, -0.2) is 0 Å². The van der Waals surface area contributed by atoms with E-state index in [-0.39, 0.29) is 18.1 Å². The van der Waals surface area contributed by atoms with E-state index in [4.69, 9.17) is 5.11 Å². The molecule has 16 heavy (non-hydrogen) atoms. The maximum atomic E-state index is 11.5. The van der Waals surface area contributed by atoms with Crippen molar-refractivity contribution in [1.29, 1.82) is 0 Å². The number of amides is 1. The van der Waals surface area contributed by atoms with Crippen LogP contribution in [0.1, 0.15) is 38.5 Å². The van der Waals surface area contributed by atoms with E-state index in [1.807, 2.05) is 0 Å². The lowest BCUT2D eigenvalue weighted by Crippen LogP contribution is -2.33. The summed E-state index contributed by atoms with van der Waals surface area (Å²) in [4.78, 5) is 33.0. The summed E-state index contributed by atoms with van der Waals surface area (Å²) in [6, 6.07) is 0. The molecule has 0 aliphatic heterocycles. The molecular formula is C11H17NO4. The van der Waals surface area contributed by atoms with Crippen LogP contribution in [-0.4, -0.2) is 29.3 Å². The van der Waals surface area contributed by atoms with Crippen LogP contribution in [0.3, 0.4) is 0 Å². The first-order valence-corrected chi connectivity index (χ1v) is 5.63. The fraction of sp³-hybridized carbons (Fsp3) is 0.727. The number of carboxylic acids is 1. The second-order valence-corrected chi connectivity index (χ2v) is 4.05. The topological polar surface area (TPSA) is 83.5 Å². The summed E-state index contributed by atoms with van der Waals surface area (Å²) >= 11 is 0. The van der Waals surface area contributed by atoms with E-state index in [1.54, 1.807) is 0 Å². The molecule has 0 spiro atoms. The van der Waals surface area contributed by atoms with Gasteiger partial charge in [0.15, 0.2) is 0 Å². The molecule has 0 radical (unpaired) electrons. The maximum Gasteiger partial charge on any atom is 0.303 e. The first-order valence-electron chi connectivity index (χ1n) is 5.63. The van der Waals surface area contributed by atoms with Crippen molar-refractivity contribution in [3.8, 4) is 0 Å². The van der Waals surface area contributed by atoms with Crippen molar-refractivity contribution in [2.75, 3.05) is 6.54 Å². The lowest BCUT2D eigenvalue weighted by atomic mass is 10.1. The largest absolute Gasteiger partial charge is 0.481 e. The van der Waals surface area contributed by atoms with E-state index in [2.05, 4.69) is 5.32 Å². The zero-order valence-electron chi connectivity index (χ0n) is 9.20. The van der Waals surface area contributed by atoms with Crippen LogP contribution in [0.2, 0.25) is 0 Å². The fourth-order valence-corrected chi connectivity index (χ4v) is 1.83. The Bertz CT molecular complexity index is 288. The Morgan fingerprint density at radius 2 is 2.12 bits per heavy atom. The molecule has 0 aromatic rings. The zero-order valence-corrected chi connectivity index (χ0v) is 9.20. The lowest BCUT2D eigenvalue weighted by molar-refractivity contribution is -0.137. The van der Waals surface area contributed by atoms with E-state index >= 15 is 0 Å². The highest BCUT2D eigenvalue weighted by Gasteiger charge is 2.30.